The van der Waals surface area contributed by atoms with Crippen LogP contribution < -0.4 is 10.5 Å². The highest BCUT2D eigenvalue weighted by molar-refractivity contribution is 5.55. The maximum Gasteiger partial charge on any atom is 0.235 e. The Bertz CT molecular complexity index is 642. The molecular weight excluding hydrogens is 235 g/mol. The second-order valence-corrected chi connectivity index (χ2v) is 3.79. The number of hydrogen-bond acceptors (Lipinski definition) is 4. The molecule has 6 heteroatoms. The van der Waals surface area contributed by atoms with Crippen molar-refractivity contribution in [1.29, 1.82) is 5.26 Å². The van der Waals surface area contributed by atoms with Gasteiger partial charge in [0.25, 0.3) is 0 Å². The lowest BCUT2D eigenvalue weighted by atomic mass is 10.2. The Kier molecular flexibility index (Phi) is 2.90. The summed E-state index contributed by atoms with van der Waals surface area (Å²) in [6.07, 6.45) is 0. The minimum absolute atomic E-state index is 0.162. The highest BCUT2D eigenvalue weighted by atomic mass is 19.1. The first-order valence-corrected chi connectivity index (χ1v) is 5.19. The Morgan fingerprint density at radius 1 is 1.50 bits per heavy atom. The van der Waals surface area contributed by atoms with E-state index in [1.54, 1.807) is 14.0 Å². The van der Waals surface area contributed by atoms with Crippen molar-refractivity contribution >= 4 is 5.69 Å². The molecule has 18 heavy (non-hydrogen) atoms. The molecular formula is C12H11FN4O. The van der Waals surface area contributed by atoms with E-state index < -0.39 is 5.82 Å². The molecule has 1 aromatic carbocycles. The summed E-state index contributed by atoms with van der Waals surface area (Å²) >= 11 is 0. The summed E-state index contributed by atoms with van der Waals surface area (Å²) < 4.78 is 20.0. The predicted octanol–water partition coefficient (Wildman–Crippen LogP) is 2.11. The average Bonchev–Trinajstić information content (AvgIpc) is 2.58. The second-order valence-electron chi connectivity index (χ2n) is 3.79. The van der Waals surface area contributed by atoms with Gasteiger partial charge in [-0.2, -0.15) is 10.4 Å². The van der Waals surface area contributed by atoms with E-state index in [9.17, 15) is 4.39 Å². The summed E-state index contributed by atoms with van der Waals surface area (Å²) in [7, 11) is 1.64. The van der Waals surface area contributed by atoms with Gasteiger partial charge in [-0.15, -0.1) is 0 Å². The lowest BCUT2D eigenvalue weighted by molar-refractivity contribution is 0.428. The first kappa shape index (κ1) is 11.9. The van der Waals surface area contributed by atoms with E-state index in [1.165, 1.54) is 22.9 Å². The number of aryl methyl sites for hydroxylation is 2. The van der Waals surface area contributed by atoms with Crippen LogP contribution in [0.5, 0.6) is 11.6 Å². The fourth-order valence-corrected chi connectivity index (χ4v) is 1.58. The SMILES string of the molecule is Cc1nn(C)c(Oc2cc(F)ccc2N)c1C#N. The molecule has 0 unspecified atom stereocenters. The summed E-state index contributed by atoms with van der Waals surface area (Å²) in [6, 6.07) is 5.80. The van der Waals surface area contributed by atoms with Gasteiger partial charge in [0.1, 0.15) is 17.4 Å². The van der Waals surface area contributed by atoms with Crippen LogP contribution in [0.25, 0.3) is 0 Å². The van der Waals surface area contributed by atoms with Gasteiger partial charge in [0, 0.05) is 13.1 Å². The third-order valence-corrected chi connectivity index (χ3v) is 2.46. The number of nitriles is 1. The van der Waals surface area contributed by atoms with Gasteiger partial charge in [-0.1, -0.05) is 0 Å². The van der Waals surface area contributed by atoms with Crippen molar-refractivity contribution in [3.05, 3.63) is 35.3 Å². The van der Waals surface area contributed by atoms with Crippen LogP contribution in [0, 0.1) is 24.1 Å². The topological polar surface area (TPSA) is 76.9 Å². The van der Waals surface area contributed by atoms with Crippen LogP contribution >= 0.6 is 0 Å². The summed E-state index contributed by atoms with van der Waals surface area (Å²) in [6.45, 7) is 1.69. The van der Waals surface area contributed by atoms with Crippen molar-refractivity contribution in [3.8, 4) is 17.7 Å². The lowest BCUT2D eigenvalue weighted by Crippen LogP contribution is -1.99. The van der Waals surface area contributed by atoms with E-state index in [-0.39, 0.29) is 11.6 Å². The largest absolute Gasteiger partial charge is 0.436 e. The quantitative estimate of drug-likeness (QED) is 0.823. The van der Waals surface area contributed by atoms with Crippen LogP contribution in [-0.2, 0) is 7.05 Å². The molecule has 5 nitrogen and oxygen atoms in total. The lowest BCUT2D eigenvalue weighted by Gasteiger charge is -2.08. The zero-order valence-corrected chi connectivity index (χ0v) is 9.94. The average molecular weight is 246 g/mol. The van der Waals surface area contributed by atoms with Crippen molar-refractivity contribution in [3.63, 3.8) is 0 Å². The number of nitrogens with zero attached hydrogens (tertiary/aromatic N) is 3. The molecule has 0 aliphatic heterocycles. The standard InChI is InChI=1S/C12H11FN4O/c1-7-9(6-14)12(17(2)16-7)18-11-5-8(13)3-4-10(11)15/h3-5H,15H2,1-2H3. The molecule has 2 N–H and O–H groups in total. The fourth-order valence-electron chi connectivity index (χ4n) is 1.58. The first-order chi connectivity index (χ1) is 8.52. The molecule has 0 aliphatic carbocycles. The third-order valence-electron chi connectivity index (χ3n) is 2.46. The maximum absolute atomic E-state index is 13.1. The van der Waals surface area contributed by atoms with Crippen molar-refractivity contribution in [2.24, 2.45) is 7.05 Å². The Balaban J connectivity index is 2.46. The molecule has 2 rings (SSSR count). The number of hydrogen-bond donors (Lipinski definition) is 1. The summed E-state index contributed by atoms with van der Waals surface area (Å²) in [5.41, 5.74) is 6.83. The van der Waals surface area contributed by atoms with Crippen LogP contribution in [0.1, 0.15) is 11.3 Å². The molecule has 0 radical (unpaired) electrons. The molecule has 0 fully saturated rings. The van der Waals surface area contributed by atoms with E-state index in [2.05, 4.69) is 5.10 Å². The molecule has 0 saturated carbocycles. The van der Waals surface area contributed by atoms with E-state index in [0.717, 1.165) is 0 Å². The molecule has 92 valence electrons. The van der Waals surface area contributed by atoms with E-state index in [1.807, 2.05) is 6.07 Å². The molecule has 0 bridgehead atoms. The van der Waals surface area contributed by atoms with Gasteiger partial charge in [-0.3, -0.25) is 0 Å². The van der Waals surface area contributed by atoms with Gasteiger partial charge in [0.2, 0.25) is 5.88 Å². The highest BCUT2D eigenvalue weighted by Gasteiger charge is 2.16. The predicted molar refractivity (Wildman–Crippen MR) is 63.5 cm³/mol. The number of nitrogens with two attached hydrogens (primary N) is 1. The van der Waals surface area contributed by atoms with Gasteiger partial charge >= 0.3 is 0 Å². The number of benzene rings is 1. The van der Waals surface area contributed by atoms with Gasteiger partial charge in [-0.05, 0) is 19.1 Å². The van der Waals surface area contributed by atoms with Crippen molar-refractivity contribution in [1.82, 2.24) is 9.78 Å². The Morgan fingerprint density at radius 3 is 2.89 bits per heavy atom. The zero-order valence-electron chi connectivity index (χ0n) is 9.94. The van der Waals surface area contributed by atoms with Crippen LogP contribution in [0.2, 0.25) is 0 Å². The number of nitrogen functional groups attached to an aromatic ring is 1. The molecule has 1 aromatic heterocycles. The summed E-state index contributed by atoms with van der Waals surface area (Å²) in [5, 5.41) is 13.1. The number of halogens is 1. The third kappa shape index (κ3) is 1.98. The zero-order chi connectivity index (χ0) is 13.3. The van der Waals surface area contributed by atoms with Gasteiger partial charge in [-0.25, -0.2) is 9.07 Å². The second kappa shape index (κ2) is 4.37. The molecule has 0 saturated heterocycles. The van der Waals surface area contributed by atoms with Crippen molar-refractivity contribution in [2.75, 3.05) is 5.73 Å². The van der Waals surface area contributed by atoms with Crippen LogP contribution in [0.3, 0.4) is 0 Å². The normalized spacial score (nSPS) is 10.1. The molecule has 2 aromatic rings. The van der Waals surface area contributed by atoms with Gasteiger partial charge < -0.3 is 10.5 Å². The van der Waals surface area contributed by atoms with Crippen molar-refractivity contribution in [2.45, 2.75) is 6.92 Å². The minimum atomic E-state index is -0.461. The Morgan fingerprint density at radius 2 is 2.22 bits per heavy atom. The first-order valence-electron chi connectivity index (χ1n) is 5.19. The number of rotatable bonds is 2. The molecule has 1 heterocycles. The molecule has 0 aliphatic rings. The minimum Gasteiger partial charge on any atom is -0.436 e. The van der Waals surface area contributed by atoms with Crippen LogP contribution in [0.4, 0.5) is 10.1 Å². The van der Waals surface area contributed by atoms with Crippen LogP contribution in [0.15, 0.2) is 18.2 Å². The number of anilines is 1. The monoisotopic (exact) mass is 246 g/mol. The van der Waals surface area contributed by atoms with E-state index in [4.69, 9.17) is 15.7 Å². The van der Waals surface area contributed by atoms with Gasteiger partial charge in [0.05, 0.1) is 11.4 Å². The van der Waals surface area contributed by atoms with E-state index >= 15 is 0 Å². The fraction of sp³-hybridized carbons (Fsp3) is 0.167. The highest BCUT2D eigenvalue weighted by Crippen LogP contribution is 2.30. The summed E-state index contributed by atoms with van der Waals surface area (Å²) in [5.74, 6) is -0.0570. The van der Waals surface area contributed by atoms with Crippen molar-refractivity contribution < 1.29 is 9.13 Å². The summed E-state index contributed by atoms with van der Waals surface area (Å²) in [4.78, 5) is 0. The smallest absolute Gasteiger partial charge is 0.235 e. The number of ether oxygens (including phenoxy) is 1. The Labute approximate surface area is 103 Å². The Hall–Kier alpha value is -2.55. The molecule has 0 atom stereocenters. The number of aromatic nitrogens is 2. The molecule has 0 amide bonds. The maximum atomic E-state index is 13.1. The van der Waals surface area contributed by atoms with Crippen LogP contribution in [-0.4, -0.2) is 9.78 Å². The van der Waals surface area contributed by atoms with Gasteiger partial charge in [0.15, 0.2) is 5.75 Å². The van der Waals surface area contributed by atoms with E-state index in [0.29, 0.717) is 16.9 Å². The molecule has 0 spiro atoms.